The molecule has 3 aromatic carbocycles. The zero-order valence-corrected chi connectivity index (χ0v) is 14.7. The van der Waals surface area contributed by atoms with Gasteiger partial charge in [0.2, 0.25) is 0 Å². The maximum absolute atomic E-state index is 11.9. The number of hydrazone groups is 1. The first-order chi connectivity index (χ1) is 13.0. The number of nitro benzene ring substituents is 1. The first kappa shape index (κ1) is 18.3. The number of fused-ring (bicyclic) bond motifs is 1. The third-order valence-corrected chi connectivity index (χ3v) is 4.00. The molecule has 3 rings (SSSR count). The summed E-state index contributed by atoms with van der Waals surface area (Å²) in [6.45, 7) is -0.216. The van der Waals surface area contributed by atoms with E-state index in [9.17, 15) is 14.9 Å². The molecule has 0 saturated heterocycles. The summed E-state index contributed by atoms with van der Waals surface area (Å²) in [6, 6.07) is 17.5. The summed E-state index contributed by atoms with van der Waals surface area (Å²) in [6.07, 6.45) is 1.29. The largest absolute Gasteiger partial charge is 0.483 e. The number of nitro groups is 1. The van der Waals surface area contributed by atoms with Gasteiger partial charge in [0, 0.05) is 17.0 Å². The number of amides is 1. The van der Waals surface area contributed by atoms with E-state index in [1.54, 1.807) is 12.1 Å². The second-order valence-electron chi connectivity index (χ2n) is 5.53. The molecule has 0 radical (unpaired) electrons. The Hall–Kier alpha value is -3.45. The van der Waals surface area contributed by atoms with Crippen molar-refractivity contribution in [2.45, 2.75) is 0 Å². The third kappa shape index (κ3) is 4.59. The molecule has 7 nitrogen and oxygen atoms in total. The molecule has 0 aliphatic carbocycles. The molecule has 0 aromatic heterocycles. The lowest BCUT2D eigenvalue weighted by molar-refractivity contribution is -0.384. The number of nitrogens with one attached hydrogen (secondary N) is 1. The average Bonchev–Trinajstić information content (AvgIpc) is 2.67. The van der Waals surface area contributed by atoms with E-state index in [1.807, 2.05) is 36.4 Å². The van der Waals surface area contributed by atoms with Crippen molar-refractivity contribution in [1.29, 1.82) is 0 Å². The van der Waals surface area contributed by atoms with Gasteiger partial charge in [0.05, 0.1) is 11.1 Å². The topological polar surface area (TPSA) is 93.8 Å². The van der Waals surface area contributed by atoms with E-state index in [4.69, 9.17) is 16.3 Å². The van der Waals surface area contributed by atoms with E-state index < -0.39 is 10.8 Å². The van der Waals surface area contributed by atoms with E-state index in [-0.39, 0.29) is 17.3 Å². The van der Waals surface area contributed by atoms with Gasteiger partial charge in [-0.1, -0.05) is 54.1 Å². The number of ether oxygens (including phenoxy) is 1. The molecule has 1 amide bonds. The minimum Gasteiger partial charge on any atom is -0.483 e. The molecule has 0 bridgehead atoms. The van der Waals surface area contributed by atoms with Crippen LogP contribution in [0.1, 0.15) is 5.56 Å². The van der Waals surface area contributed by atoms with Gasteiger partial charge in [-0.05, 0) is 17.5 Å². The van der Waals surface area contributed by atoms with E-state index in [1.165, 1.54) is 18.3 Å². The normalized spacial score (nSPS) is 10.9. The molecule has 8 heteroatoms. The summed E-state index contributed by atoms with van der Waals surface area (Å²) in [4.78, 5) is 22.2. The fourth-order valence-corrected chi connectivity index (χ4v) is 2.61. The lowest BCUT2D eigenvalue weighted by Gasteiger charge is -2.08. The molecule has 0 atom stereocenters. The Kier molecular flexibility index (Phi) is 5.63. The highest BCUT2D eigenvalue weighted by molar-refractivity contribution is 6.32. The molecule has 0 aliphatic heterocycles. The van der Waals surface area contributed by atoms with Gasteiger partial charge in [-0.15, -0.1) is 0 Å². The zero-order chi connectivity index (χ0) is 19.2. The molecule has 3 aromatic rings. The Balaban J connectivity index is 1.59. The molecule has 1 N–H and O–H groups in total. The van der Waals surface area contributed by atoms with Crippen molar-refractivity contribution in [2.24, 2.45) is 5.10 Å². The summed E-state index contributed by atoms with van der Waals surface area (Å²) in [7, 11) is 0. The Labute approximate surface area is 159 Å². The van der Waals surface area contributed by atoms with Crippen LogP contribution in [0.25, 0.3) is 10.8 Å². The van der Waals surface area contributed by atoms with Gasteiger partial charge < -0.3 is 4.74 Å². The standard InChI is InChI=1S/C19H14ClN3O4/c20-16-9-8-13(10-17(16)23(25)26)11-21-22-19(24)12-27-18-7-3-5-14-4-1-2-6-15(14)18/h1-11H,12H2,(H,22,24). The van der Waals surface area contributed by atoms with Crippen molar-refractivity contribution < 1.29 is 14.5 Å². The number of carbonyl (C=O) groups is 1. The van der Waals surface area contributed by atoms with Crippen molar-refractivity contribution in [3.05, 3.63) is 81.4 Å². The lowest BCUT2D eigenvalue weighted by Crippen LogP contribution is -2.24. The average molecular weight is 384 g/mol. The second kappa shape index (κ2) is 8.29. The van der Waals surface area contributed by atoms with Crippen molar-refractivity contribution in [2.75, 3.05) is 6.61 Å². The van der Waals surface area contributed by atoms with Crippen molar-refractivity contribution in [1.82, 2.24) is 5.43 Å². The summed E-state index contributed by atoms with van der Waals surface area (Å²) < 4.78 is 5.56. The van der Waals surface area contributed by atoms with E-state index in [2.05, 4.69) is 10.5 Å². The van der Waals surface area contributed by atoms with E-state index in [0.29, 0.717) is 11.3 Å². The van der Waals surface area contributed by atoms with Crippen LogP contribution in [0.5, 0.6) is 5.75 Å². The zero-order valence-electron chi connectivity index (χ0n) is 14.0. The van der Waals surface area contributed by atoms with Crippen LogP contribution in [-0.4, -0.2) is 23.7 Å². The molecule has 0 fully saturated rings. The van der Waals surface area contributed by atoms with Crippen molar-refractivity contribution in [3.63, 3.8) is 0 Å². The maximum atomic E-state index is 11.9. The number of carbonyl (C=O) groups excluding carboxylic acids is 1. The second-order valence-corrected chi connectivity index (χ2v) is 5.93. The Morgan fingerprint density at radius 2 is 1.96 bits per heavy atom. The van der Waals surface area contributed by atoms with Crippen LogP contribution in [-0.2, 0) is 4.79 Å². The number of hydrogen-bond acceptors (Lipinski definition) is 5. The first-order valence-corrected chi connectivity index (χ1v) is 8.29. The fraction of sp³-hybridized carbons (Fsp3) is 0.0526. The molecular formula is C19H14ClN3O4. The molecule has 136 valence electrons. The minimum absolute atomic E-state index is 0.0321. The molecule has 27 heavy (non-hydrogen) atoms. The van der Waals surface area contributed by atoms with Crippen LogP contribution in [0.2, 0.25) is 5.02 Å². The van der Waals surface area contributed by atoms with Gasteiger partial charge >= 0.3 is 0 Å². The number of rotatable bonds is 6. The summed E-state index contributed by atoms with van der Waals surface area (Å²) in [5, 5.41) is 16.6. The fourth-order valence-electron chi connectivity index (χ4n) is 2.43. The highest BCUT2D eigenvalue weighted by Crippen LogP contribution is 2.25. The van der Waals surface area contributed by atoms with Gasteiger partial charge in [-0.2, -0.15) is 5.10 Å². The van der Waals surface area contributed by atoms with Crippen LogP contribution in [0.15, 0.2) is 65.8 Å². The third-order valence-electron chi connectivity index (χ3n) is 3.68. The van der Waals surface area contributed by atoms with Crippen molar-refractivity contribution in [3.8, 4) is 5.75 Å². The van der Waals surface area contributed by atoms with Crippen LogP contribution in [0, 0.1) is 10.1 Å². The molecule has 0 saturated carbocycles. The Bertz CT molecular complexity index is 1030. The highest BCUT2D eigenvalue weighted by atomic mass is 35.5. The van der Waals surface area contributed by atoms with E-state index in [0.717, 1.165) is 10.8 Å². The van der Waals surface area contributed by atoms with Gasteiger partial charge in [0.15, 0.2) is 6.61 Å². The first-order valence-electron chi connectivity index (χ1n) is 7.91. The van der Waals surface area contributed by atoms with E-state index >= 15 is 0 Å². The number of halogens is 1. The highest BCUT2D eigenvalue weighted by Gasteiger charge is 2.12. The molecular weight excluding hydrogens is 370 g/mol. The van der Waals surface area contributed by atoms with Gasteiger partial charge in [-0.25, -0.2) is 5.43 Å². The Morgan fingerprint density at radius 3 is 2.78 bits per heavy atom. The summed E-state index contributed by atoms with van der Waals surface area (Å²) in [5.41, 5.74) is 2.52. The van der Waals surface area contributed by atoms with Gasteiger partial charge in [-0.3, -0.25) is 14.9 Å². The smallest absolute Gasteiger partial charge is 0.288 e. The van der Waals surface area contributed by atoms with Crippen LogP contribution in [0.4, 0.5) is 5.69 Å². The molecule has 0 aliphatic rings. The number of benzene rings is 3. The maximum Gasteiger partial charge on any atom is 0.288 e. The predicted octanol–water partition coefficient (Wildman–Crippen LogP) is 3.93. The van der Waals surface area contributed by atoms with Crippen molar-refractivity contribution >= 4 is 40.2 Å². The molecule has 0 heterocycles. The minimum atomic E-state index is -0.587. The summed E-state index contributed by atoms with van der Waals surface area (Å²) in [5.74, 6) is 0.142. The van der Waals surface area contributed by atoms with Crippen LogP contribution >= 0.6 is 11.6 Å². The Morgan fingerprint density at radius 1 is 1.19 bits per heavy atom. The SMILES string of the molecule is O=C(COc1cccc2ccccc12)NN=Cc1ccc(Cl)c([N+](=O)[O-])c1. The molecule has 0 spiro atoms. The van der Waals surface area contributed by atoms with Crippen LogP contribution < -0.4 is 10.2 Å². The number of nitrogens with zero attached hydrogens (tertiary/aromatic N) is 2. The predicted molar refractivity (Wildman–Crippen MR) is 103 cm³/mol. The molecule has 0 unspecified atom stereocenters. The quantitative estimate of drug-likeness (QED) is 0.396. The van der Waals surface area contributed by atoms with Crippen LogP contribution in [0.3, 0.4) is 0 Å². The van der Waals surface area contributed by atoms with Gasteiger partial charge in [0.25, 0.3) is 11.6 Å². The monoisotopic (exact) mass is 383 g/mol. The lowest BCUT2D eigenvalue weighted by atomic mass is 10.1. The number of hydrogen-bond donors (Lipinski definition) is 1. The summed E-state index contributed by atoms with van der Waals surface area (Å²) >= 11 is 5.74. The van der Waals surface area contributed by atoms with Gasteiger partial charge in [0.1, 0.15) is 10.8 Å².